The molecule has 1 aliphatic heterocycles. The molecule has 11 heteroatoms. The van der Waals surface area contributed by atoms with E-state index >= 15 is 0 Å². The van der Waals surface area contributed by atoms with Gasteiger partial charge in [-0.1, -0.05) is 72.6 Å². The lowest BCUT2D eigenvalue weighted by Crippen LogP contribution is -2.70. The highest BCUT2D eigenvalue weighted by molar-refractivity contribution is 6.03. The number of ether oxygens (including phenoxy) is 4. The first-order valence-electron chi connectivity index (χ1n) is 21.4. The number of carbonyl (C=O) groups excluding carboxylic acids is 1. The summed E-state index contributed by atoms with van der Waals surface area (Å²) in [6.45, 7) is 5.00. The summed E-state index contributed by atoms with van der Waals surface area (Å²) in [5, 5.41) is 33.9. The van der Waals surface area contributed by atoms with Gasteiger partial charge < -0.3 is 44.0 Å². The zero-order valence-electron chi connectivity index (χ0n) is 34.3. The minimum absolute atomic E-state index is 0.0264. The van der Waals surface area contributed by atoms with Crippen LogP contribution in [0.25, 0.3) is 11.1 Å². The molecule has 3 aromatic rings. The Kier molecular flexibility index (Phi) is 14.6. The molecule has 6 atom stereocenters. The molecule has 0 saturated heterocycles. The number of unbranched alkanes of at least 4 members (excludes halogenated alkanes) is 2. The number of hydrogen-bond donors (Lipinski definition) is 3. The zero-order valence-corrected chi connectivity index (χ0v) is 34.3. The van der Waals surface area contributed by atoms with Crippen molar-refractivity contribution >= 4 is 11.6 Å². The fraction of sp³-hybridized carbons (Fsp3) is 0.500. The van der Waals surface area contributed by atoms with Crippen molar-refractivity contribution in [3.63, 3.8) is 0 Å². The van der Waals surface area contributed by atoms with Gasteiger partial charge in [0, 0.05) is 43.6 Å². The predicted octanol–water partition coefficient (Wildman–Crippen LogP) is 7.66. The Morgan fingerprint density at radius 1 is 0.915 bits per heavy atom. The number of oxime groups is 1. The first kappa shape index (κ1) is 42.6. The maximum Gasteiger partial charge on any atom is 0.239 e. The minimum atomic E-state index is -1.34. The Labute approximate surface area is 348 Å². The number of hydrogen-bond acceptors (Lipinski definition) is 10. The molecule has 3 N–H and O–H groups in total. The lowest BCUT2D eigenvalue weighted by atomic mass is 9.55. The van der Waals surface area contributed by atoms with E-state index in [0.29, 0.717) is 36.5 Å². The average Bonchev–Trinajstić information content (AvgIpc) is 4.12. The molecule has 1 heterocycles. The first-order valence-corrected chi connectivity index (χ1v) is 21.4. The van der Waals surface area contributed by atoms with Crippen LogP contribution in [-0.4, -0.2) is 97.0 Å². The van der Waals surface area contributed by atoms with Gasteiger partial charge in [-0.15, -0.1) is 6.58 Å². The van der Waals surface area contributed by atoms with Gasteiger partial charge in [0.25, 0.3) is 0 Å². The van der Waals surface area contributed by atoms with Crippen molar-refractivity contribution in [3.8, 4) is 28.4 Å². The normalized spacial score (nSPS) is 25.0. The third-order valence-electron chi connectivity index (χ3n) is 12.3. The molecule has 1 amide bonds. The van der Waals surface area contributed by atoms with E-state index < -0.39 is 17.7 Å². The molecule has 0 spiro atoms. The lowest BCUT2D eigenvalue weighted by Gasteiger charge is -2.60. The molecule has 3 aromatic carbocycles. The van der Waals surface area contributed by atoms with E-state index in [1.807, 2.05) is 47.4 Å². The minimum Gasteiger partial charge on any atom is -0.459 e. The summed E-state index contributed by atoms with van der Waals surface area (Å²) >= 11 is 0. The van der Waals surface area contributed by atoms with E-state index in [2.05, 4.69) is 48.1 Å². The van der Waals surface area contributed by atoms with Crippen molar-refractivity contribution in [2.75, 3.05) is 53.3 Å². The number of allylic oxidation sites excluding steroid dienone is 1. The van der Waals surface area contributed by atoms with Crippen LogP contribution >= 0.6 is 0 Å². The Morgan fingerprint density at radius 3 is 2.34 bits per heavy atom. The van der Waals surface area contributed by atoms with Crippen LogP contribution in [0.15, 0.2) is 102 Å². The van der Waals surface area contributed by atoms with Crippen LogP contribution in [0.4, 0.5) is 0 Å². The highest BCUT2D eigenvalue weighted by Crippen LogP contribution is 2.62. The summed E-state index contributed by atoms with van der Waals surface area (Å²) < 4.78 is 26.7. The molecule has 316 valence electrons. The molecule has 6 unspecified atom stereocenters. The van der Waals surface area contributed by atoms with Crippen molar-refractivity contribution in [1.29, 1.82) is 0 Å². The Morgan fingerprint density at radius 2 is 1.64 bits per heavy atom. The number of aliphatic hydroxyl groups is 3. The van der Waals surface area contributed by atoms with Crippen molar-refractivity contribution in [1.82, 2.24) is 4.90 Å². The number of nitrogens with zero attached hydrogens (tertiary/aromatic N) is 2. The third kappa shape index (κ3) is 9.45. The average molecular weight is 809 g/mol. The molecule has 0 aromatic heterocycles. The van der Waals surface area contributed by atoms with Crippen LogP contribution < -0.4 is 9.47 Å². The Balaban J connectivity index is 1.37. The second kappa shape index (κ2) is 20.2. The van der Waals surface area contributed by atoms with Crippen LogP contribution in [0.2, 0.25) is 0 Å². The van der Waals surface area contributed by atoms with Gasteiger partial charge in [0.15, 0.2) is 0 Å². The van der Waals surface area contributed by atoms with E-state index in [4.69, 9.17) is 23.8 Å². The fourth-order valence-corrected chi connectivity index (χ4v) is 9.62. The second-order valence-electron chi connectivity index (χ2n) is 16.1. The molecular weight excluding hydrogens is 749 g/mol. The molecule has 3 aliphatic carbocycles. The van der Waals surface area contributed by atoms with Gasteiger partial charge in [-0.05, 0) is 97.4 Å². The summed E-state index contributed by atoms with van der Waals surface area (Å²) in [5.41, 5.74) is 4.94. The van der Waals surface area contributed by atoms with Crippen LogP contribution in [0.3, 0.4) is 0 Å². The standard InChI is InChI=1S/C48H60N2O9/c1-3-27-57-48-44(50(23-28-56-29-26-53)47(54)35-15-16-35)32-42(49-55-2)40-30-36(13-7-9-24-51)39(14-8-10-25-52)45(46(40)48)41-31-38(21-22-43(41)59-48)58-37-19-17-34(18-20-37)33-11-5-4-6-12-33/h3-6,11-12,17-22,30-31,35-36,39,44-46,51-53H,1,7-10,13-16,23-29,32H2,2H3. The van der Waals surface area contributed by atoms with Crippen molar-refractivity contribution in [3.05, 3.63) is 103 Å². The summed E-state index contributed by atoms with van der Waals surface area (Å²) in [6.07, 6.45) is 10.8. The second-order valence-corrected chi connectivity index (χ2v) is 16.1. The highest BCUT2D eigenvalue weighted by atomic mass is 16.7. The van der Waals surface area contributed by atoms with Crippen molar-refractivity contribution < 1.29 is 43.9 Å². The van der Waals surface area contributed by atoms with Crippen LogP contribution in [-0.2, 0) is 19.1 Å². The van der Waals surface area contributed by atoms with Gasteiger partial charge in [0.1, 0.15) is 30.4 Å². The Bertz CT molecular complexity index is 1910. The lowest BCUT2D eigenvalue weighted by molar-refractivity contribution is -0.258. The molecule has 2 fully saturated rings. The summed E-state index contributed by atoms with van der Waals surface area (Å²) in [6, 6.07) is 23.7. The van der Waals surface area contributed by atoms with Gasteiger partial charge in [0.05, 0.1) is 38.1 Å². The number of rotatable bonds is 22. The molecular formula is C48H60N2O9. The van der Waals surface area contributed by atoms with Crippen LogP contribution in [0, 0.1) is 23.7 Å². The molecule has 59 heavy (non-hydrogen) atoms. The summed E-state index contributed by atoms with van der Waals surface area (Å²) in [5.74, 6) is 0.263. The van der Waals surface area contributed by atoms with Gasteiger partial charge in [-0.2, -0.15) is 0 Å². The number of amides is 1. The zero-order chi connectivity index (χ0) is 41.2. The predicted molar refractivity (Wildman–Crippen MR) is 226 cm³/mol. The van der Waals surface area contributed by atoms with Crippen LogP contribution in [0.5, 0.6) is 17.2 Å². The molecule has 4 aliphatic rings. The van der Waals surface area contributed by atoms with Gasteiger partial charge in [-0.25, -0.2) is 0 Å². The number of carbonyl (C=O) groups is 1. The van der Waals surface area contributed by atoms with E-state index in [9.17, 15) is 20.1 Å². The van der Waals surface area contributed by atoms with E-state index in [1.165, 1.54) is 0 Å². The van der Waals surface area contributed by atoms with Gasteiger partial charge in [0.2, 0.25) is 11.7 Å². The maximum atomic E-state index is 14.4. The topological polar surface area (TPSA) is 140 Å². The number of benzene rings is 3. The molecule has 0 bridgehead atoms. The van der Waals surface area contributed by atoms with Crippen molar-refractivity contribution in [2.24, 2.45) is 28.8 Å². The molecule has 0 radical (unpaired) electrons. The monoisotopic (exact) mass is 808 g/mol. The number of fused-ring (bicyclic) bond motifs is 2. The largest absolute Gasteiger partial charge is 0.459 e. The Hall–Kier alpha value is -4.52. The SMILES string of the molecule is C=CCOC12Oc3ccc(Oc4ccc(-c5ccccc5)cc4)cc3C3C(CCCCO)C(CCCCO)C=C(C(=NOC)CC1N(CCOCCO)C(=O)C1CC1)C32. The number of aliphatic hydroxyl groups excluding tert-OH is 3. The highest BCUT2D eigenvalue weighted by Gasteiger charge is 2.65. The summed E-state index contributed by atoms with van der Waals surface area (Å²) in [7, 11) is 1.55. The molecule has 2 saturated carbocycles. The fourth-order valence-electron chi connectivity index (χ4n) is 9.62. The van der Waals surface area contributed by atoms with Gasteiger partial charge >= 0.3 is 0 Å². The smallest absolute Gasteiger partial charge is 0.239 e. The van der Waals surface area contributed by atoms with E-state index in [0.717, 1.165) is 66.5 Å². The third-order valence-corrected chi connectivity index (χ3v) is 12.3. The summed E-state index contributed by atoms with van der Waals surface area (Å²) in [4.78, 5) is 21.9. The molecule has 11 nitrogen and oxygen atoms in total. The quantitative estimate of drug-likeness (QED) is 0.0531. The van der Waals surface area contributed by atoms with Gasteiger partial charge in [-0.3, -0.25) is 4.79 Å². The molecule has 7 rings (SSSR count). The van der Waals surface area contributed by atoms with E-state index in [1.54, 1.807) is 13.2 Å². The first-order chi connectivity index (χ1) is 29.0. The van der Waals surface area contributed by atoms with Crippen molar-refractivity contribution in [2.45, 2.75) is 75.5 Å². The maximum absolute atomic E-state index is 14.4. The van der Waals surface area contributed by atoms with Crippen LogP contribution in [0.1, 0.15) is 69.3 Å². The van der Waals surface area contributed by atoms with E-state index in [-0.39, 0.29) is 75.8 Å².